The van der Waals surface area contributed by atoms with Gasteiger partial charge < -0.3 is 9.47 Å². The molecule has 0 atom stereocenters. The topological polar surface area (TPSA) is 31.4 Å². The van der Waals surface area contributed by atoms with Crippen LogP contribution in [0.25, 0.3) is 12.2 Å². The molecule has 0 unspecified atom stereocenters. The zero-order valence-electron chi connectivity index (χ0n) is 9.47. The van der Waals surface area contributed by atoms with Gasteiger partial charge in [-0.2, -0.15) is 0 Å². The van der Waals surface area contributed by atoms with E-state index in [0.717, 1.165) is 27.2 Å². The first-order valence-corrected chi connectivity index (χ1v) is 6.30. The number of aromatic nitrogens is 1. The summed E-state index contributed by atoms with van der Waals surface area (Å²) in [7, 11) is 0. The Balaban J connectivity index is 1.87. The zero-order valence-corrected chi connectivity index (χ0v) is 11.1. The van der Waals surface area contributed by atoms with Gasteiger partial charge in [0.15, 0.2) is 11.5 Å². The maximum atomic E-state index is 5.34. The van der Waals surface area contributed by atoms with E-state index < -0.39 is 0 Å². The lowest BCUT2D eigenvalue weighted by molar-refractivity contribution is 0.174. The number of nitrogens with zero attached hydrogens (tertiary/aromatic N) is 1. The van der Waals surface area contributed by atoms with Crippen LogP contribution in [0.3, 0.4) is 0 Å². The van der Waals surface area contributed by atoms with E-state index in [1.54, 1.807) is 6.20 Å². The molecule has 18 heavy (non-hydrogen) atoms. The Hall–Kier alpha value is -1.81. The van der Waals surface area contributed by atoms with Crippen molar-refractivity contribution < 1.29 is 9.47 Å². The van der Waals surface area contributed by atoms with E-state index in [-0.39, 0.29) is 0 Å². The van der Waals surface area contributed by atoms with Crippen molar-refractivity contribution in [2.24, 2.45) is 0 Å². The summed E-state index contributed by atoms with van der Waals surface area (Å²) >= 11 is 3.41. The predicted octanol–water partition coefficient (Wildman–Crippen LogP) is 3.74. The number of ether oxygens (including phenoxy) is 2. The lowest BCUT2D eigenvalue weighted by Gasteiger charge is -1.99. The average molecular weight is 304 g/mol. The molecule has 0 saturated carbocycles. The second-order valence-corrected chi connectivity index (χ2v) is 4.58. The van der Waals surface area contributed by atoms with E-state index in [1.807, 2.05) is 42.5 Å². The van der Waals surface area contributed by atoms with Crippen LogP contribution in [0.15, 0.2) is 41.1 Å². The molecule has 1 aromatic heterocycles. The van der Waals surface area contributed by atoms with Crippen molar-refractivity contribution >= 4 is 28.1 Å². The van der Waals surface area contributed by atoms with Crippen LogP contribution < -0.4 is 9.47 Å². The van der Waals surface area contributed by atoms with E-state index in [0.29, 0.717) is 6.79 Å². The van der Waals surface area contributed by atoms with Crippen molar-refractivity contribution in [3.05, 3.63) is 52.3 Å². The minimum Gasteiger partial charge on any atom is -0.454 e. The van der Waals surface area contributed by atoms with Crippen molar-refractivity contribution in [3.8, 4) is 11.5 Å². The Bertz CT molecular complexity index is 610. The molecule has 4 heteroatoms. The van der Waals surface area contributed by atoms with E-state index in [1.165, 1.54) is 0 Å². The van der Waals surface area contributed by atoms with Crippen LogP contribution in [0.5, 0.6) is 11.5 Å². The minimum absolute atomic E-state index is 0.302. The molecule has 1 aliphatic rings. The standard InChI is InChI=1S/C14H10BrNO2/c15-14-11(2-1-7-16-14)5-3-10-4-6-12-13(8-10)18-9-17-12/h1-8H,9H2/b5-3-. The second kappa shape index (κ2) is 4.82. The molecule has 0 aliphatic carbocycles. The van der Waals surface area contributed by atoms with E-state index in [4.69, 9.17) is 9.47 Å². The van der Waals surface area contributed by atoms with Crippen LogP contribution >= 0.6 is 15.9 Å². The first kappa shape index (κ1) is 11.3. The molecule has 2 heterocycles. The minimum atomic E-state index is 0.302. The fourth-order valence-corrected chi connectivity index (χ4v) is 2.11. The fraction of sp³-hybridized carbons (Fsp3) is 0.0714. The third-order valence-electron chi connectivity index (χ3n) is 2.64. The van der Waals surface area contributed by atoms with Gasteiger partial charge in [0.25, 0.3) is 0 Å². The largest absolute Gasteiger partial charge is 0.454 e. The highest BCUT2D eigenvalue weighted by molar-refractivity contribution is 9.10. The zero-order chi connectivity index (χ0) is 12.4. The van der Waals surface area contributed by atoms with Crippen LogP contribution in [0.1, 0.15) is 11.1 Å². The Labute approximate surface area is 113 Å². The number of benzene rings is 1. The predicted molar refractivity (Wildman–Crippen MR) is 73.4 cm³/mol. The normalized spacial score (nSPS) is 13.2. The van der Waals surface area contributed by atoms with Gasteiger partial charge in [0.1, 0.15) is 4.60 Å². The van der Waals surface area contributed by atoms with Gasteiger partial charge in [0.05, 0.1) is 0 Å². The first-order valence-electron chi connectivity index (χ1n) is 5.51. The molecule has 1 aliphatic heterocycles. The molecule has 0 fully saturated rings. The summed E-state index contributed by atoms with van der Waals surface area (Å²) in [5.41, 5.74) is 2.10. The maximum absolute atomic E-state index is 5.34. The molecule has 1 aromatic carbocycles. The molecule has 0 saturated heterocycles. The highest BCUT2D eigenvalue weighted by atomic mass is 79.9. The summed E-state index contributed by atoms with van der Waals surface area (Å²) in [6.07, 6.45) is 5.78. The Morgan fingerprint density at radius 3 is 2.89 bits per heavy atom. The van der Waals surface area contributed by atoms with Gasteiger partial charge in [0, 0.05) is 11.8 Å². The number of hydrogen-bond donors (Lipinski definition) is 0. The molecule has 3 nitrogen and oxygen atoms in total. The molecule has 2 aromatic rings. The average Bonchev–Trinajstić information content (AvgIpc) is 2.85. The third kappa shape index (κ3) is 2.24. The van der Waals surface area contributed by atoms with Crippen molar-refractivity contribution in [1.29, 1.82) is 0 Å². The smallest absolute Gasteiger partial charge is 0.231 e. The van der Waals surface area contributed by atoms with Crippen LogP contribution in [0.4, 0.5) is 0 Å². The summed E-state index contributed by atoms with van der Waals surface area (Å²) in [6.45, 7) is 0.302. The number of hydrogen-bond acceptors (Lipinski definition) is 3. The Morgan fingerprint density at radius 2 is 2.00 bits per heavy atom. The SMILES string of the molecule is Brc1ncccc1/C=C\c1ccc2c(c1)OCO2. The molecular weight excluding hydrogens is 294 g/mol. The molecule has 90 valence electrons. The third-order valence-corrected chi connectivity index (χ3v) is 3.30. The molecule has 0 N–H and O–H groups in total. The van der Waals surface area contributed by atoms with Gasteiger partial charge in [0.2, 0.25) is 6.79 Å². The molecule has 0 amide bonds. The van der Waals surface area contributed by atoms with Gasteiger partial charge in [-0.25, -0.2) is 4.98 Å². The lowest BCUT2D eigenvalue weighted by atomic mass is 10.1. The molecule has 0 bridgehead atoms. The van der Waals surface area contributed by atoms with Crippen molar-refractivity contribution in [3.63, 3.8) is 0 Å². The summed E-state index contributed by atoms with van der Waals surface area (Å²) in [6, 6.07) is 9.78. The summed E-state index contributed by atoms with van der Waals surface area (Å²) < 4.78 is 11.4. The molecule has 0 radical (unpaired) electrons. The number of rotatable bonds is 2. The number of halogens is 1. The van der Waals surface area contributed by atoms with Crippen LogP contribution in [-0.4, -0.2) is 11.8 Å². The van der Waals surface area contributed by atoms with Crippen molar-refractivity contribution in [1.82, 2.24) is 4.98 Å². The molecular formula is C14H10BrNO2. The summed E-state index contributed by atoms with van der Waals surface area (Å²) in [5.74, 6) is 1.59. The van der Waals surface area contributed by atoms with Gasteiger partial charge >= 0.3 is 0 Å². The van der Waals surface area contributed by atoms with E-state index in [2.05, 4.69) is 20.9 Å². The van der Waals surface area contributed by atoms with Gasteiger partial charge in [-0.05, 0) is 39.7 Å². The van der Waals surface area contributed by atoms with Crippen LogP contribution in [0, 0.1) is 0 Å². The van der Waals surface area contributed by atoms with Gasteiger partial charge in [-0.15, -0.1) is 0 Å². The fourth-order valence-electron chi connectivity index (χ4n) is 1.73. The quantitative estimate of drug-likeness (QED) is 0.792. The lowest BCUT2D eigenvalue weighted by Crippen LogP contribution is -1.92. The molecule has 3 rings (SSSR count). The Kier molecular flexibility index (Phi) is 3.02. The maximum Gasteiger partial charge on any atom is 0.231 e. The molecule has 0 spiro atoms. The monoisotopic (exact) mass is 303 g/mol. The number of pyridine rings is 1. The second-order valence-electron chi connectivity index (χ2n) is 3.83. The van der Waals surface area contributed by atoms with Crippen LogP contribution in [-0.2, 0) is 0 Å². The van der Waals surface area contributed by atoms with Gasteiger partial charge in [-0.1, -0.05) is 24.3 Å². The summed E-state index contributed by atoms with van der Waals surface area (Å²) in [4.78, 5) is 4.17. The highest BCUT2D eigenvalue weighted by Crippen LogP contribution is 2.33. The van der Waals surface area contributed by atoms with Gasteiger partial charge in [-0.3, -0.25) is 0 Å². The Morgan fingerprint density at radius 1 is 1.11 bits per heavy atom. The van der Waals surface area contributed by atoms with E-state index in [9.17, 15) is 0 Å². The van der Waals surface area contributed by atoms with Crippen molar-refractivity contribution in [2.45, 2.75) is 0 Å². The summed E-state index contributed by atoms with van der Waals surface area (Å²) in [5, 5.41) is 0. The van der Waals surface area contributed by atoms with Crippen LogP contribution in [0.2, 0.25) is 0 Å². The number of fused-ring (bicyclic) bond motifs is 1. The van der Waals surface area contributed by atoms with E-state index >= 15 is 0 Å². The highest BCUT2D eigenvalue weighted by Gasteiger charge is 2.12. The van der Waals surface area contributed by atoms with Crippen molar-refractivity contribution in [2.75, 3.05) is 6.79 Å². The first-order chi connectivity index (χ1) is 8.83.